The molecule has 2 aliphatic heterocycles. The summed E-state index contributed by atoms with van der Waals surface area (Å²) in [5, 5.41) is 31.6. The number of aliphatic hydroxyl groups is 2. The summed E-state index contributed by atoms with van der Waals surface area (Å²) in [5.41, 5.74) is -2.04. The van der Waals surface area contributed by atoms with E-state index >= 15 is 0 Å². The lowest BCUT2D eigenvalue weighted by Crippen LogP contribution is -2.73. The summed E-state index contributed by atoms with van der Waals surface area (Å²) < 4.78 is 550. The first-order chi connectivity index (χ1) is 59.4. The molecule has 0 aliphatic carbocycles. The molecule has 4 aromatic rings. The highest BCUT2D eigenvalue weighted by Crippen LogP contribution is 2.39. The second-order valence-electron chi connectivity index (χ2n) is 25.8. The Morgan fingerprint density at radius 2 is 0.576 bits per heavy atom. The second-order valence-corrected chi connectivity index (χ2v) is 40.6. The molecule has 4 amide bonds. The fourth-order valence-corrected chi connectivity index (χ4v) is 18.5. The average molecular weight is 2190 g/mol. The number of fused-ring (bicyclic) bond motifs is 1. The van der Waals surface area contributed by atoms with Gasteiger partial charge in [-0.15, -0.1) is 0 Å². The molecule has 0 unspecified atom stereocenters. The molecule has 2 saturated heterocycles. The molecule has 18 atom stereocenters. The van der Waals surface area contributed by atoms with Crippen LogP contribution in [0.4, 0.5) is 0 Å². The molecule has 0 radical (unpaired) electrons. The predicted octanol–water partition coefficient (Wildman–Crippen LogP) is -10.2. The van der Waals surface area contributed by atoms with E-state index < -0.39 is 329 Å². The van der Waals surface area contributed by atoms with E-state index in [9.17, 15) is 202 Å². The number of rotatable bonds is 50. The number of ether oxygens (including phenoxy) is 2. The van der Waals surface area contributed by atoms with Crippen molar-refractivity contribution in [1.82, 2.24) is 21.3 Å². The smallest absolute Gasteiger partial charge is 0.363 e. The van der Waals surface area contributed by atoms with Crippen molar-refractivity contribution < 1.29 is 279 Å². The van der Waals surface area contributed by atoms with Crippen LogP contribution in [0.2, 0.25) is 0 Å². The highest BCUT2D eigenvalue weighted by Gasteiger charge is 2.62. The second kappa shape index (κ2) is 43.0. The third kappa shape index (κ3) is 38.9. The van der Waals surface area contributed by atoms with E-state index in [0.717, 1.165) is 60.7 Å². The molecule has 0 aromatic heterocycles. The van der Waals surface area contributed by atoms with Gasteiger partial charge in [0.1, 0.15) is 85.3 Å². The Hall–Kier alpha value is -6.96. The quantitative estimate of drug-likeness (QED) is 0.0183. The summed E-state index contributed by atoms with van der Waals surface area (Å²) in [4.78, 5) is 58.0. The molecule has 2 heterocycles. The molecule has 6 rings (SSSR count). The minimum absolute atomic E-state index is 0.244. The van der Waals surface area contributed by atoms with Gasteiger partial charge in [-0.05, 0) is 46.2 Å². The van der Waals surface area contributed by atoms with Crippen LogP contribution in [0.3, 0.4) is 0 Å². The molecule has 132 heavy (non-hydrogen) atoms. The van der Waals surface area contributed by atoms with Gasteiger partial charge in [-0.3, -0.25) is 82.9 Å². The van der Waals surface area contributed by atoms with E-state index in [0.29, 0.717) is 0 Å². The van der Waals surface area contributed by atoms with Gasteiger partial charge >= 0.3 is 146 Å². The van der Waals surface area contributed by atoms with Crippen molar-refractivity contribution >= 4 is 180 Å². The topological polar surface area (TPSA) is 1070 Å². The summed E-state index contributed by atoms with van der Waals surface area (Å²) in [6.45, 7) is -8.78. The monoisotopic (exact) mass is 2190 g/mol. The maximum Gasteiger partial charge on any atom is 0.398 e. The highest BCUT2D eigenvalue weighted by atomic mass is 32.3. The predicted molar refractivity (Wildman–Crippen MR) is 404 cm³/mol. The molecule has 4 aromatic carbocycles. The summed E-state index contributed by atoms with van der Waals surface area (Å²) in [7, 11) is -89.8. The van der Waals surface area contributed by atoms with E-state index in [4.69, 9.17) is 18.6 Å². The Morgan fingerprint density at radius 1 is 0.318 bits per heavy atom. The van der Waals surface area contributed by atoms with Gasteiger partial charge in [0, 0.05) is 37.1 Å². The van der Waals surface area contributed by atoms with Crippen molar-refractivity contribution in [2.75, 3.05) is 26.3 Å². The van der Waals surface area contributed by atoms with Gasteiger partial charge in [0.25, 0.3) is 23.6 Å². The van der Waals surface area contributed by atoms with Gasteiger partial charge in [0.05, 0.1) is 13.2 Å². The van der Waals surface area contributed by atoms with E-state index in [1.807, 2.05) is 10.6 Å². The van der Waals surface area contributed by atoms with Crippen LogP contribution in [0.15, 0.2) is 97.1 Å². The van der Waals surface area contributed by atoms with Crippen LogP contribution in [0.25, 0.3) is 10.8 Å². The Bertz CT molecular complexity index is 6230. The van der Waals surface area contributed by atoms with Gasteiger partial charge in [0.2, 0.25) is 0 Å². The number of hydrogen-bond donors (Lipinski definition) is 20. The standard InChI is InChI=1S/C50H64N4O64S14/c55-45(53-43-39(115-129(91,92)93)33(109-123(73,74)75)29(105-49(43,59)17-23-7-3-1-4-8-23)19-51-47(57)41(117-131(97,98)99)37(113-127(85,86)87)35(111-125(79,80)81)31(107-121(67,68)69)21-103-119(61,62)63)27-13-11-26-16-28(14-12-25(26)15-27)46(56)54-44-40(116-130(94,95)96)34(110-124(76,77)78)30(106-50(44,60)18-24-9-5-2-6-10-24)20-52-48(58)42(118-132(100,101)102)38(114-128(88,89)90)36(112-126(82,83)84)32(108-122(70,71)72)22-104-120(64,65)66/h1-16,29-44,59-60H,17-22H2,(H,51,57)(H,52,58)(H,53,55)(H,54,56)(H,61,62,63)(H,64,65,66)(H,67,68,69)(H,70,71,72)(H,73,74,75)(H,76,77,78)(H,79,80,81)(H,82,83,84)(H,85,86,87)(H,88,89,90)(H,91,92,93)(H,94,95,96)(H,97,98,99)(H,100,101,102)/t29-,30-,31-,32-,33-,34-,35-,36-,37+,38+,39+,40+,41-,42-,43-,44-,49+,50+/m1/s1. The number of nitrogens with one attached hydrogen (secondary N) is 4. The zero-order valence-corrected chi connectivity index (χ0v) is 74.6. The van der Waals surface area contributed by atoms with Crippen LogP contribution in [0.5, 0.6) is 0 Å². The number of carbonyl (C=O) groups excluding carboxylic acids is 4. The van der Waals surface area contributed by atoms with Gasteiger partial charge < -0.3 is 41.0 Å². The molecule has 68 nitrogen and oxygen atoms in total. The zero-order chi connectivity index (χ0) is 101. The first-order valence-corrected chi connectivity index (χ1v) is 52.3. The fraction of sp³-hybridized carbons (Fsp3) is 0.480. The summed E-state index contributed by atoms with van der Waals surface area (Å²) >= 11 is 0. The minimum Gasteiger partial charge on any atom is -0.363 e. The Kier molecular flexibility index (Phi) is 37.0. The van der Waals surface area contributed by atoms with Crippen LogP contribution < -0.4 is 21.3 Å². The zero-order valence-electron chi connectivity index (χ0n) is 63.2. The van der Waals surface area contributed by atoms with Crippen LogP contribution in [-0.2, 0) is 236 Å². The molecular weight excluding hydrogens is 2130 g/mol. The number of amides is 4. The molecule has 0 spiro atoms. The first kappa shape index (κ1) is 114. The van der Waals surface area contributed by atoms with Crippen molar-refractivity contribution in [1.29, 1.82) is 0 Å². The molecule has 20 N–H and O–H groups in total. The van der Waals surface area contributed by atoms with Gasteiger partial charge in [0.15, 0.2) is 23.8 Å². The maximum absolute atomic E-state index is 14.7. The lowest BCUT2D eigenvalue weighted by Gasteiger charge is -2.49. The van der Waals surface area contributed by atoms with Crippen LogP contribution >= 0.6 is 0 Å². The third-order valence-electron chi connectivity index (χ3n) is 16.3. The maximum atomic E-state index is 14.7. The van der Waals surface area contributed by atoms with E-state index in [1.165, 1.54) is 47.0 Å². The van der Waals surface area contributed by atoms with Crippen LogP contribution in [0.1, 0.15) is 31.8 Å². The number of benzene rings is 4. The first-order valence-electron chi connectivity index (χ1n) is 33.1. The van der Waals surface area contributed by atoms with Crippen molar-refractivity contribution in [3.8, 4) is 0 Å². The average Bonchev–Trinajstić information content (AvgIpc) is 0.746. The van der Waals surface area contributed by atoms with Gasteiger partial charge in [-0.2, -0.15) is 118 Å². The van der Waals surface area contributed by atoms with Crippen LogP contribution in [0, 0.1) is 0 Å². The molecule has 82 heteroatoms. The van der Waals surface area contributed by atoms with E-state index in [-0.39, 0.29) is 21.9 Å². The van der Waals surface area contributed by atoms with E-state index in [2.05, 4.69) is 58.6 Å². The normalized spacial score (nSPS) is 23.4. The SMILES string of the molecule is O=C(N[C@@H]1[C@@H](OS(=O)(=O)O)[C@H](OS(=O)(=O)O)[C@@H](CNC(=O)[C@H](OS(=O)(=O)O)[C@@H](OS(=O)(=O)O)[C@H](OS(=O)(=O)O)[C@@H](COS(=O)(=O)O)OS(=O)(=O)O)O[C@@]1(O)Cc1ccccc1)c1ccc2cc(C(=O)N[C@@H]3[C@@H](OS(=O)(=O)O)[C@H](OS(=O)(=O)O)[C@@H](CNC(=O)[C@H](OS(=O)(=O)O)[C@@H](OS(=O)(=O)O)[C@H](OS(=O)(=O)O)[C@@H](COS(=O)(=O)O)OS(=O)(=O)O)O[C@@]3(O)Cc3ccccc3)ccc2c1. The van der Waals surface area contributed by atoms with Crippen molar-refractivity contribution in [3.63, 3.8) is 0 Å². The highest BCUT2D eigenvalue weighted by molar-refractivity contribution is 7.84. The summed E-state index contributed by atoms with van der Waals surface area (Å²) in [6.07, 6.45) is -52.9. The lowest BCUT2D eigenvalue weighted by molar-refractivity contribution is -0.304. The van der Waals surface area contributed by atoms with Crippen molar-refractivity contribution in [2.45, 2.75) is 122 Å². The molecule has 2 fully saturated rings. The molecular formula is C50H64N4O64S14. The summed E-state index contributed by atoms with van der Waals surface area (Å²) in [5.74, 6) is -16.0. The number of carbonyl (C=O) groups is 4. The van der Waals surface area contributed by atoms with Crippen molar-refractivity contribution in [2.24, 2.45) is 0 Å². The Morgan fingerprint density at radius 3 is 0.826 bits per heavy atom. The van der Waals surface area contributed by atoms with Crippen LogP contribution in [-0.4, -0.2) is 351 Å². The lowest BCUT2D eigenvalue weighted by atomic mass is 9.86. The third-order valence-corrected chi connectivity index (χ3v) is 22.7. The van der Waals surface area contributed by atoms with E-state index in [1.54, 1.807) is 0 Å². The van der Waals surface area contributed by atoms with Gasteiger partial charge in [-0.1, -0.05) is 72.8 Å². The summed E-state index contributed by atoms with van der Waals surface area (Å²) in [6, 6.07) is 10.6. The Labute approximate surface area is 742 Å². The Balaban J connectivity index is 1.46. The molecule has 0 bridgehead atoms. The van der Waals surface area contributed by atoms with Crippen molar-refractivity contribution in [3.05, 3.63) is 119 Å². The molecule has 2 aliphatic rings. The number of hydrogen-bond acceptors (Lipinski definition) is 50. The minimum atomic E-state index is -6.64. The largest absolute Gasteiger partial charge is 0.398 e. The fourth-order valence-electron chi connectivity index (χ4n) is 12.0. The van der Waals surface area contributed by atoms with Gasteiger partial charge in [-0.25, -0.2) is 58.6 Å². The molecule has 0 saturated carbocycles. The molecule has 752 valence electrons.